The van der Waals surface area contributed by atoms with E-state index in [0.29, 0.717) is 5.03 Å². The second-order valence-electron chi connectivity index (χ2n) is 2.91. The number of aromatic carboxylic acids is 1. The van der Waals surface area contributed by atoms with E-state index >= 15 is 0 Å². The molecule has 0 aromatic carbocycles. The Morgan fingerprint density at radius 3 is 3.00 bits per heavy atom. The second kappa shape index (κ2) is 4.58. The molecule has 0 aliphatic heterocycles. The first-order chi connectivity index (χ1) is 7.66. The van der Waals surface area contributed by atoms with Gasteiger partial charge in [-0.15, -0.1) is 16.4 Å². The highest BCUT2D eigenvalue weighted by molar-refractivity contribution is 8.01. The molecule has 0 saturated carbocycles. The van der Waals surface area contributed by atoms with Gasteiger partial charge in [-0.25, -0.2) is 9.78 Å². The molecule has 0 aliphatic carbocycles. The van der Waals surface area contributed by atoms with Crippen LogP contribution in [-0.2, 0) is 0 Å². The van der Waals surface area contributed by atoms with E-state index in [-0.39, 0.29) is 5.56 Å². The molecule has 0 bridgehead atoms. The predicted octanol–water partition coefficient (Wildman–Crippen LogP) is 2.09. The zero-order chi connectivity index (χ0) is 11.5. The van der Waals surface area contributed by atoms with E-state index in [0.717, 1.165) is 10.0 Å². The van der Waals surface area contributed by atoms with Crippen molar-refractivity contribution in [2.45, 2.75) is 16.3 Å². The molecule has 2 aromatic heterocycles. The molecule has 0 saturated heterocycles. The van der Waals surface area contributed by atoms with E-state index in [9.17, 15) is 4.79 Å². The summed E-state index contributed by atoms with van der Waals surface area (Å²) in [4.78, 5) is 15.1. The molecule has 2 heterocycles. The van der Waals surface area contributed by atoms with Gasteiger partial charge in [-0.3, -0.25) is 0 Å². The molecule has 0 fully saturated rings. The Balaban J connectivity index is 2.31. The zero-order valence-electron chi connectivity index (χ0n) is 8.25. The highest BCUT2D eigenvalue weighted by Gasteiger charge is 2.14. The van der Waals surface area contributed by atoms with E-state index in [1.165, 1.54) is 35.4 Å². The van der Waals surface area contributed by atoms with Crippen LogP contribution in [0.3, 0.4) is 0 Å². The summed E-state index contributed by atoms with van der Waals surface area (Å²) in [6.45, 7) is 1.88. The lowest BCUT2D eigenvalue weighted by atomic mass is 10.3. The smallest absolute Gasteiger partial charge is 0.338 e. The van der Waals surface area contributed by atoms with Crippen LogP contribution in [0.15, 0.2) is 27.0 Å². The topological polar surface area (TPSA) is 76.0 Å². The van der Waals surface area contributed by atoms with Gasteiger partial charge in [0.1, 0.15) is 5.03 Å². The number of carboxylic acids is 1. The van der Waals surface area contributed by atoms with E-state index in [1.54, 1.807) is 0 Å². The fraction of sp³-hybridized carbons (Fsp3) is 0.111. The molecule has 0 radical (unpaired) electrons. The van der Waals surface area contributed by atoms with Crippen molar-refractivity contribution in [2.75, 3.05) is 0 Å². The molecule has 82 valence electrons. The fourth-order valence-corrected chi connectivity index (χ4v) is 2.82. The number of nitrogens with zero attached hydrogens (tertiary/aromatic N) is 3. The second-order valence-corrected chi connectivity index (χ2v) is 5.01. The summed E-state index contributed by atoms with van der Waals surface area (Å²) in [6, 6.07) is 1.43. The van der Waals surface area contributed by atoms with Gasteiger partial charge in [0.25, 0.3) is 0 Å². The van der Waals surface area contributed by atoms with E-state index in [4.69, 9.17) is 5.11 Å². The molecule has 0 aliphatic rings. The van der Waals surface area contributed by atoms with Crippen molar-refractivity contribution < 1.29 is 9.90 Å². The monoisotopic (exact) mass is 253 g/mol. The molecule has 16 heavy (non-hydrogen) atoms. The Morgan fingerprint density at radius 1 is 1.56 bits per heavy atom. The summed E-state index contributed by atoms with van der Waals surface area (Å²) in [5.41, 5.74) is 1.06. The maximum Gasteiger partial charge on any atom is 0.338 e. The van der Waals surface area contributed by atoms with Crippen LogP contribution >= 0.6 is 23.1 Å². The highest BCUT2D eigenvalue weighted by Crippen LogP contribution is 2.30. The van der Waals surface area contributed by atoms with Gasteiger partial charge in [0.05, 0.1) is 11.8 Å². The number of hydrogen-bond acceptors (Lipinski definition) is 6. The Hall–Kier alpha value is -1.47. The molecule has 2 rings (SSSR count). The number of rotatable bonds is 3. The van der Waals surface area contributed by atoms with Gasteiger partial charge in [0.15, 0.2) is 4.34 Å². The van der Waals surface area contributed by atoms with Crippen molar-refractivity contribution in [2.24, 2.45) is 0 Å². The molecular weight excluding hydrogens is 246 g/mol. The minimum atomic E-state index is -1.01. The summed E-state index contributed by atoms with van der Waals surface area (Å²) in [5.74, 6) is -1.01. The van der Waals surface area contributed by atoms with E-state index < -0.39 is 5.97 Å². The lowest BCUT2D eigenvalue weighted by Gasteiger charge is -1.99. The van der Waals surface area contributed by atoms with E-state index in [2.05, 4.69) is 15.2 Å². The summed E-state index contributed by atoms with van der Waals surface area (Å²) in [5, 5.41) is 18.7. The third-order valence-electron chi connectivity index (χ3n) is 1.70. The molecule has 1 N–H and O–H groups in total. The molecular formula is C9H7N3O2S2. The van der Waals surface area contributed by atoms with Crippen molar-refractivity contribution in [1.29, 1.82) is 0 Å². The highest BCUT2D eigenvalue weighted by atomic mass is 32.2. The van der Waals surface area contributed by atoms with Gasteiger partial charge in [-0.2, -0.15) is 5.10 Å². The van der Waals surface area contributed by atoms with Gasteiger partial charge in [0.2, 0.25) is 0 Å². The van der Waals surface area contributed by atoms with Crippen molar-refractivity contribution in [1.82, 2.24) is 15.2 Å². The molecule has 7 heteroatoms. The largest absolute Gasteiger partial charge is 0.478 e. The number of aryl methyl sites for hydroxylation is 1. The third kappa shape index (κ3) is 2.37. The first-order valence-electron chi connectivity index (χ1n) is 4.32. The Kier molecular flexibility index (Phi) is 3.16. The van der Waals surface area contributed by atoms with Crippen molar-refractivity contribution in [3.05, 3.63) is 28.9 Å². The van der Waals surface area contributed by atoms with Gasteiger partial charge in [-0.1, -0.05) is 0 Å². The van der Waals surface area contributed by atoms with E-state index in [1.807, 2.05) is 12.3 Å². The first-order valence-corrected chi connectivity index (χ1v) is 6.01. The summed E-state index contributed by atoms with van der Waals surface area (Å²) < 4.78 is 0.764. The van der Waals surface area contributed by atoms with Crippen LogP contribution in [-0.4, -0.2) is 26.3 Å². The number of aromatic nitrogens is 3. The minimum absolute atomic E-state index is 0.146. The number of carbonyl (C=O) groups is 1. The van der Waals surface area contributed by atoms with Crippen LogP contribution in [0, 0.1) is 6.92 Å². The average Bonchev–Trinajstić information content (AvgIpc) is 2.64. The minimum Gasteiger partial charge on any atom is -0.478 e. The van der Waals surface area contributed by atoms with Crippen molar-refractivity contribution in [3.63, 3.8) is 0 Å². The number of carboxylic acid groups (broad SMARTS) is 1. The zero-order valence-corrected chi connectivity index (χ0v) is 9.88. The Labute approximate surface area is 99.6 Å². The number of hydrogen-bond donors (Lipinski definition) is 1. The average molecular weight is 253 g/mol. The fourth-order valence-electron chi connectivity index (χ4n) is 1.02. The molecule has 0 atom stereocenters. The lowest BCUT2D eigenvalue weighted by molar-refractivity contribution is 0.0692. The Bertz CT molecular complexity index is 527. The SMILES string of the molecule is Cc1csc(Sc2nnccc2C(=O)O)n1. The third-order valence-corrected chi connectivity index (χ3v) is 3.75. The van der Waals surface area contributed by atoms with Gasteiger partial charge in [-0.05, 0) is 24.8 Å². The predicted molar refractivity (Wildman–Crippen MR) is 60.0 cm³/mol. The summed E-state index contributed by atoms with van der Waals surface area (Å²) in [6.07, 6.45) is 1.36. The molecule has 2 aromatic rings. The van der Waals surface area contributed by atoms with Gasteiger partial charge < -0.3 is 5.11 Å². The van der Waals surface area contributed by atoms with Crippen LogP contribution in [0.2, 0.25) is 0 Å². The molecule has 0 spiro atoms. The summed E-state index contributed by atoms with van der Waals surface area (Å²) >= 11 is 2.67. The van der Waals surface area contributed by atoms with Crippen LogP contribution in [0.5, 0.6) is 0 Å². The molecule has 0 unspecified atom stereocenters. The van der Waals surface area contributed by atoms with Crippen LogP contribution in [0.25, 0.3) is 0 Å². The Morgan fingerprint density at radius 2 is 2.38 bits per heavy atom. The maximum atomic E-state index is 10.9. The van der Waals surface area contributed by atoms with Crippen LogP contribution < -0.4 is 0 Å². The summed E-state index contributed by atoms with van der Waals surface area (Å²) in [7, 11) is 0. The first kappa shape index (κ1) is 11.0. The standard InChI is InChI=1S/C9H7N3O2S2/c1-5-4-15-9(11-5)16-7-6(8(13)14)2-3-10-12-7/h2-4H,1H3,(H,13,14). The van der Waals surface area contributed by atoms with Gasteiger partial charge in [0, 0.05) is 11.1 Å². The molecule has 5 nitrogen and oxygen atoms in total. The lowest BCUT2D eigenvalue weighted by Crippen LogP contribution is -2.01. The quantitative estimate of drug-likeness (QED) is 0.902. The van der Waals surface area contributed by atoms with Gasteiger partial charge >= 0.3 is 5.97 Å². The van der Waals surface area contributed by atoms with Crippen molar-refractivity contribution in [3.8, 4) is 0 Å². The van der Waals surface area contributed by atoms with Crippen LogP contribution in [0.4, 0.5) is 0 Å². The number of thiazole rings is 1. The van der Waals surface area contributed by atoms with Crippen molar-refractivity contribution >= 4 is 29.1 Å². The maximum absolute atomic E-state index is 10.9. The normalized spacial score (nSPS) is 10.3. The van der Waals surface area contributed by atoms with Crippen LogP contribution in [0.1, 0.15) is 16.1 Å². The molecule has 0 amide bonds.